The maximum atomic E-state index is 13.3. The Labute approximate surface area is 123 Å². The Morgan fingerprint density at radius 1 is 1.33 bits per heavy atom. The van der Waals surface area contributed by atoms with E-state index in [4.69, 9.17) is 5.11 Å². The van der Waals surface area contributed by atoms with E-state index in [0.29, 0.717) is 5.56 Å². The van der Waals surface area contributed by atoms with Gasteiger partial charge in [-0.25, -0.2) is 9.18 Å². The van der Waals surface area contributed by atoms with Crippen LogP contribution in [0.15, 0.2) is 54.9 Å². The number of aromatic carboxylic acids is 1. The molecule has 1 N–H and O–H groups in total. The lowest BCUT2D eigenvalue weighted by atomic mass is 9.92. The molecule has 1 aromatic carbocycles. The maximum absolute atomic E-state index is 13.3. The second-order valence-corrected chi connectivity index (χ2v) is 4.81. The fraction of sp³-hybridized carbons (Fsp3) is 0.176. The molecule has 4 heteroatoms. The van der Waals surface area contributed by atoms with Crippen LogP contribution in [0.5, 0.6) is 0 Å². The Hall–Kier alpha value is -2.49. The number of allylic oxidation sites excluding steroid dienone is 4. The van der Waals surface area contributed by atoms with E-state index < -0.39 is 17.6 Å². The summed E-state index contributed by atoms with van der Waals surface area (Å²) in [7, 11) is 0. The molecule has 110 valence electrons. The van der Waals surface area contributed by atoms with Gasteiger partial charge in [-0.05, 0) is 29.7 Å². The van der Waals surface area contributed by atoms with E-state index in [2.05, 4.69) is 13.2 Å². The topological polar surface area (TPSA) is 54.4 Å². The normalized spacial score (nSPS) is 11.3. The van der Waals surface area contributed by atoms with Gasteiger partial charge in [0.25, 0.3) is 0 Å². The number of carbonyl (C=O) groups is 2. The van der Waals surface area contributed by atoms with Crippen LogP contribution in [0.3, 0.4) is 0 Å². The van der Waals surface area contributed by atoms with Crippen LogP contribution in [0.25, 0.3) is 0 Å². The van der Waals surface area contributed by atoms with Crippen LogP contribution >= 0.6 is 0 Å². The zero-order valence-electron chi connectivity index (χ0n) is 12.0. The third-order valence-electron chi connectivity index (χ3n) is 2.99. The standard InChI is InChI=1S/C17H17FO3/c1-5-6-13(11(4)18)16(19)12-7-8-14(17(20)21)15(9-12)10(2)3/h5-10H,1,4H2,2-3H3,(H,20,21)/b13-6+. The fourth-order valence-corrected chi connectivity index (χ4v) is 1.94. The predicted molar refractivity (Wildman–Crippen MR) is 80.3 cm³/mol. The molecule has 0 unspecified atom stereocenters. The molecule has 1 rings (SSSR count). The minimum Gasteiger partial charge on any atom is -0.478 e. The lowest BCUT2D eigenvalue weighted by Crippen LogP contribution is -2.09. The zero-order chi connectivity index (χ0) is 16.2. The minimum absolute atomic E-state index is 0.0794. The second-order valence-electron chi connectivity index (χ2n) is 4.81. The summed E-state index contributed by atoms with van der Waals surface area (Å²) in [6, 6.07) is 4.21. The first-order chi connectivity index (χ1) is 9.79. The van der Waals surface area contributed by atoms with Crippen LogP contribution in [-0.4, -0.2) is 16.9 Å². The highest BCUT2D eigenvalue weighted by Gasteiger charge is 2.19. The van der Waals surface area contributed by atoms with Gasteiger partial charge in [-0.3, -0.25) is 4.79 Å². The second kappa shape index (κ2) is 6.79. The Kier molecular flexibility index (Phi) is 5.36. The molecule has 0 amide bonds. The summed E-state index contributed by atoms with van der Waals surface area (Å²) >= 11 is 0. The smallest absolute Gasteiger partial charge is 0.335 e. The molecule has 0 aliphatic heterocycles. The van der Waals surface area contributed by atoms with Crippen molar-refractivity contribution in [3.05, 3.63) is 71.6 Å². The Balaban J connectivity index is 3.39. The predicted octanol–water partition coefficient (Wildman–Crippen LogP) is 4.29. The molecule has 0 aromatic heterocycles. The molecule has 0 spiro atoms. The molecular weight excluding hydrogens is 271 g/mol. The van der Waals surface area contributed by atoms with Crippen LogP contribution in [0.4, 0.5) is 4.39 Å². The van der Waals surface area contributed by atoms with Crippen molar-refractivity contribution in [2.45, 2.75) is 19.8 Å². The molecule has 0 saturated carbocycles. The number of benzene rings is 1. The van der Waals surface area contributed by atoms with Crippen molar-refractivity contribution in [3.63, 3.8) is 0 Å². The van der Waals surface area contributed by atoms with E-state index >= 15 is 0 Å². The molecule has 0 radical (unpaired) electrons. The first-order valence-electron chi connectivity index (χ1n) is 6.39. The van der Waals surface area contributed by atoms with Gasteiger partial charge in [0, 0.05) is 5.56 Å². The van der Waals surface area contributed by atoms with Crippen molar-refractivity contribution in [1.82, 2.24) is 0 Å². The van der Waals surface area contributed by atoms with E-state index in [9.17, 15) is 14.0 Å². The van der Waals surface area contributed by atoms with Gasteiger partial charge in [0.05, 0.1) is 11.1 Å². The molecule has 0 fully saturated rings. The van der Waals surface area contributed by atoms with Crippen molar-refractivity contribution < 1.29 is 19.1 Å². The summed E-state index contributed by atoms with van der Waals surface area (Å²) in [6.07, 6.45) is 2.54. The number of rotatable bonds is 6. The molecule has 0 atom stereocenters. The van der Waals surface area contributed by atoms with Gasteiger partial charge in [-0.2, -0.15) is 0 Å². The largest absolute Gasteiger partial charge is 0.478 e. The number of carbonyl (C=O) groups excluding carboxylic acids is 1. The quantitative estimate of drug-likeness (QED) is 0.482. The van der Waals surface area contributed by atoms with Crippen molar-refractivity contribution in [3.8, 4) is 0 Å². The average Bonchev–Trinajstić information content (AvgIpc) is 2.42. The Morgan fingerprint density at radius 3 is 2.38 bits per heavy atom. The van der Waals surface area contributed by atoms with Gasteiger partial charge in [-0.1, -0.05) is 39.1 Å². The SMILES string of the molecule is C=C/C=C(\C(=C)F)C(=O)c1ccc(C(=O)O)c(C(C)C)c1. The summed E-state index contributed by atoms with van der Waals surface area (Å²) in [4.78, 5) is 23.4. The number of hydrogen-bond donors (Lipinski definition) is 1. The van der Waals surface area contributed by atoms with Gasteiger partial charge in [0.2, 0.25) is 0 Å². The van der Waals surface area contributed by atoms with Crippen molar-refractivity contribution in [1.29, 1.82) is 0 Å². The summed E-state index contributed by atoms with van der Waals surface area (Å²) in [5.74, 6) is -2.55. The van der Waals surface area contributed by atoms with Gasteiger partial charge < -0.3 is 5.11 Å². The van der Waals surface area contributed by atoms with Crippen LogP contribution in [-0.2, 0) is 0 Å². The third-order valence-corrected chi connectivity index (χ3v) is 2.99. The van der Waals surface area contributed by atoms with Gasteiger partial charge in [-0.15, -0.1) is 0 Å². The third kappa shape index (κ3) is 3.75. The lowest BCUT2D eigenvalue weighted by molar-refractivity contribution is 0.0694. The van der Waals surface area contributed by atoms with Crippen molar-refractivity contribution in [2.75, 3.05) is 0 Å². The Morgan fingerprint density at radius 2 is 1.95 bits per heavy atom. The van der Waals surface area contributed by atoms with Crippen LogP contribution in [0.2, 0.25) is 0 Å². The van der Waals surface area contributed by atoms with Gasteiger partial charge in [0.1, 0.15) is 5.83 Å². The maximum Gasteiger partial charge on any atom is 0.335 e. The summed E-state index contributed by atoms with van der Waals surface area (Å²) in [6.45, 7) is 10.2. The highest BCUT2D eigenvalue weighted by atomic mass is 19.1. The van der Waals surface area contributed by atoms with Gasteiger partial charge in [0.15, 0.2) is 5.78 Å². The van der Waals surface area contributed by atoms with E-state index in [0.717, 1.165) is 0 Å². The summed E-state index contributed by atoms with van der Waals surface area (Å²) in [5, 5.41) is 9.14. The highest BCUT2D eigenvalue weighted by Crippen LogP contribution is 2.24. The number of halogens is 1. The molecule has 0 bridgehead atoms. The molecule has 3 nitrogen and oxygen atoms in total. The fourth-order valence-electron chi connectivity index (χ4n) is 1.94. The van der Waals surface area contributed by atoms with Crippen LogP contribution < -0.4 is 0 Å². The monoisotopic (exact) mass is 288 g/mol. The molecule has 0 aliphatic rings. The molecule has 1 aromatic rings. The van der Waals surface area contributed by atoms with E-state index in [1.54, 1.807) is 0 Å². The summed E-state index contributed by atoms with van der Waals surface area (Å²) in [5.41, 5.74) is 0.684. The minimum atomic E-state index is -1.06. The molecular formula is C17H17FO3. The molecule has 0 aliphatic carbocycles. The zero-order valence-corrected chi connectivity index (χ0v) is 12.0. The van der Waals surface area contributed by atoms with Crippen LogP contribution in [0.1, 0.15) is 46.0 Å². The molecule has 0 saturated heterocycles. The van der Waals surface area contributed by atoms with Crippen molar-refractivity contribution >= 4 is 11.8 Å². The average molecular weight is 288 g/mol. The van der Waals surface area contributed by atoms with Crippen LogP contribution in [0, 0.1) is 0 Å². The molecule has 21 heavy (non-hydrogen) atoms. The molecule has 0 heterocycles. The number of ketones is 1. The number of hydrogen-bond acceptors (Lipinski definition) is 2. The number of carboxylic acid groups (broad SMARTS) is 1. The van der Waals surface area contributed by atoms with E-state index in [1.807, 2.05) is 13.8 Å². The van der Waals surface area contributed by atoms with E-state index in [-0.39, 0.29) is 22.6 Å². The van der Waals surface area contributed by atoms with Crippen molar-refractivity contribution in [2.24, 2.45) is 0 Å². The van der Waals surface area contributed by atoms with E-state index in [1.165, 1.54) is 30.4 Å². The Bertz CT molecular complexity index is 639. The summed E-state index contributed by atoms with van der Waals surface area (Å²) < 4.78 is 13.3. The highest BCUT2D eigenvalue weighted by molar-refractivity contribution is 6.11. The first kappa shape index (κ1) is 16.6. The lowest BCUT2D eigenvalue weighted by Gasteiger charge is -2.12. The first-order valence-corrected chi connectivity index (χ1v) is 6.39. The number of carboxylic acids is 1. The van der Waals surface area contributed by atoms with Gasteiger partial charge >= 0.3 is 5.97 Å². The number of Topliss-reactive ketones (excluding diaryl/α,β-unsaturated/α-hetero) is 1.